The summed E-state index contributed by atoms with van der Waals surface area (Å²) < 4.78 is 5.77. The number of primary amides is 1. The van der Waals surface area contributed by atoms with Crippen molar-refractivity contribution in [1.29, 1.82) is 0 Å². The first-order valence-electron chi connectivity index (χ1n) is 10.3. The van der Waals surface area contributed by atoms with Crippen LogP contribution < -0.4 is 15.8 Å². The summed E-state index contributed by atoms with van der Waals surface area (Å²) in [5.74, 6) is 1.61. The minimum atomic E-state index is -0.170. The summed E-state index contributed by atoms with van der Waals surface area (Å²) in [7, 11) is 2.03. The number of hydrogen-bond acceptors (Lipinski definition) is 4. The maximum Gasteiger partial charge on any atom is 0.221 e. The molecule has 3 N–H and O–H groups in total. The number of rotatable bonds is 10. The van der Waals surface area contributed by atoms with E-state index in [0.29, 0.717) is 6.61 Å². The Balaban J connectivity index is 0.00000420. The second-order valence-corrected chi connectivity index (χ2v) is 7.21. The normalized spacial score (nSPS) is 17.3. The largest absolute Gasteiger partial charge is 0.492 e. The lowest BCUT2D eigenvalue weighted by molar-refractivity contribution is -0.123. The Labute approximate surface area is 192 Å². The van der Waals surface area contributed by atoms with E-state index in [1.54, 1.807) is 0 Å². The molecule has 1 amide bonds. The van der Waals surface area contributed by atoms with Crippen molar-refractivity contribution in [2.75, 3.05) is 52.9 Å². The summed E-state index contributed by atoms with van der Waals surface area (Å²) in [6.45, 7) is 7.80. The maximum atomic E-state index is 11.4. The molecule has 2 rings (SSSR count). The molecule has 164 valence electrons. The number of carbonyl (C=O) groups excluding carboxylic acids is 1. The lowest BCUT2D eigenvalue weighted by Crippen LogP contribution is -2.42. The van der Waals surface area contributed by atoms with Crippen LogP contribution in [-0.2, 0) is 4.79 Å². The van der Waals surface area contributed by atoms with Crippen molar-refractivity contribution >= 4 is 35.8 Å². The zero-order valence-corrected chi connectivity index (χ0v) is 20.0. The molecule has 7 nitrogen and oxygen atoms in total. The highest BCUT2D eigenvalue weighted by molar-refractivity contribution is 14.0. The van der Waals surface area contributed by atoms with Gasteiger partial charge in [0.05, 0.1) is 12.5 Å². The first-order valence-corrected chi connectivity index (χ1v) is 10.3. The molecule has 1 atom stereocenters. The van der Waals surface area contributed by atoms with Crippen LogP contribution in [0.15, 0.2) is 35.3 Å². The fourth-order valence-electron chi connectivity index (χ4n) is 3.36. The quantitative estimate of drug-likeness (QED) is 0.215. The highest BCUT2D eigenvalue weighted by atomic mass is 127. The molecule has 8 heteroatoms. The number of hydrogen-bond donors (Lipinski definition) is 2. The zero-order chi connectivity index (χ0) is 20.2. The number of aliphatic imine (C=N–C) groups is 1. The Hall–Kier alpha value is -1.55. The minimum Gasteiger partial charge on any atom is -0.492 e. The topological polar surface area (TPSA) is 83.2 Å². The Morgan fingerprint density at radius 3 is 2.83 bits per heavy atom. The molecule has 0 radical (unpaired) electrons. The van der Waals surface area contributed by atoms with Crippen molar-refractivity contribution < 1.29 is 9.53 Å². The van der Waals surface area contributed by atoms with Gasteiger partial charge in [0.1, 0.15) is 12.4 Å². The number of guanidine groups is 1. The predicted octanol–water partition coefficient (Wildman–Crippen LogP) is 2.17. The number of nitrogens with two attached hydrogens (primary N) is 1. The number of halogens is 1. The van der Waals surface area contributed by atoms with E-state index in [9.17, 15) is 4.79 Å². The minimum absolute atomic E-state index is 0. The van der Waals surface area contributed by atoms with Crippen LogP contribution in [0.4, 0.5) is 0 Å². The van der Waals surface area contributed by atoms with Gasteiger partial charge in [-0.3, -0.25) is 9.79 Å². The molecule has 1 unspecified atom stereocenters. The molecule has 1 heterocycles. The first kappa shape index (κ1) is 25.5. The summed E-state index contributed by atoms with van der Waals surface area (Å²) >= 11 is 0. The van der Waals surface area contributed by atoms with Crippen molar-refractivity contribution in [3.63, 3.8) is 0 Å². The predicted molar refractivity (Wildman–Crippen MR) is 129 cm³/mol. The molecule has 1 saturated heterocycles. The van der Waals surface area contributed by atoms with Gasteiger partial charge >= 0.3 is 0 Å². The Bertz CT molecular complexity index is 614. The number of ether oxygens (including phenoxy) is 1. The molecule has 0 aliphatic carbocycles. The molecule has 1 aromatic carbocycles. The molecule has 0 spiro atoms. The van der Waals surface area contributed by atoms with Crippen LogP contribution in [0.2, 0.25) is 0 Å². The molecule has 0 bridgehead atoms. The van der Waals surface area contributed by atoms with Gasteiger partial charge in [-0.05, 0) is 51.4 Å². The highest BCUT2D eigenvalue weighted by Gasteiger charge is 2.23. The standard InChI is InChI=1S/C21H35N5O2.HI/c1-3-23-21(25(2)15-16-28-19-10-5-4-6-11-19)24-12-8-14-26-13-7-9-18(17-26)20(22)27;/h4-6,10-11,18H,3,7-9,12-17H2,1-2H3,(H2,22,27)(H,23,24);1H. The van der Waals surface area contributed by atoms with Crippen molar-refractivity contribution in [1.82, 2.24) is 15.1 Å². The Kier molecular flexibility index (Phi) is 12.7. The lowest BCUT2D eigenvalue weighted by atomic mass is 9.97. The van der Waals surface area contributed by atoms with E-state index < -0.39 is 0 Å². The third-order valence-electron chi connectivity index (χ3n) is 4.94. The molecule has 0 aromatic heterocycles. The van der Waals surface area contributed by atoms with Gasteiger partial charge in [-0.2, -0.15) is 0 Å². The van der Waals surface area contributed by atoms with E-state index in [2.05, 4.69) is 22.0 Å². The monoisotopic (exact) mass is 517 g/mol. The molecule has 1 aliphatic rings. The fraction of sp³-hybridized carbons (Fsp3) is 0.619. The Morgan fingerprint density at radius 2 is 2.14 bits per heavy atom. The van der Waals surface area contributed by atoms with Gasteiger partial charge in [-0.1, -0.05) is 18.2 Å². The van der Waals surface area contributed by atoms with Crippen LogP contribution in [0.5, 0.6) is 5.75 Å². The fourth-order valence-corrected chi connectivity index (χ4v) is 3.36. The number of piperidine rings is 1. The van der Waals surface area contributed by atoms with Gasteiger partial charge in [0.25, 0.3) is 0 Å². The summed E-state index contributed by atoms with van der Waals surface area (Å²) in [5.41, 5.74) is 5.46. The second kappa shape index (κ2) is 14.4. The van der Waals surface area contributed by atoms with Gasteiger partial charge in [0.2, 0.25) is 5.91 Å². The second-order valence-electron chi connectivity index (χ2n) is 7.21. The van der Waals surface area contributed by atoms with Gasteiger partial charge in [-0.15, -0.1) is 24.0 Å². The molecule has 29 heavy (non-hydrogen) atoms. The van der Waals surface area contributed by atoms with Gasteiger partial charge in [0, 0.05) is 26.7 Å². The summed E-state index contributed by atoms with van der Waals surface area (Å²) in [4.78, 5) is 20.6. The van der Waals surface area contributed by atoms with Crippen molar-refractivity contribution in [3.8, 4) is 5.75 Å². The SMILES string of the molecule is CCNC(=NCCCN1CCCC(C(N)=O)C1)N(C)CCOc1ccccc1.I. The van der Waals surface area contributed by atoms with Crippen LogP contribution in [0.3, 0.4) is 0 Å². The van der Waals surface area contributed by atoms with E-state index in [-0.39, 0.29) is 35.8 Å². The zero-order valence-electron chi connectivity index (χ0n) is 17.7. The number of likely N-dealkylation sites (N-methyl/N-ethyl adjacent to an activating group) is 1. The molecular weight excluding hydrogens is 481 g/mol. The average molecular weight is 517 g/mol. The van der Waals surface area contributed by atoms with Crippen LogP contribution in [-0.4, -0.2) is 74.6 Å². The third-order valence-corrected chi connectivity index (χ3v) is 4.94. The number of carbonyl (C=O) groups is 1. The van der Waals surface area contributed by atoms with Gasteiger partial charge in [0.15, 0.2) is 5.96 Å². The molecular formula is C21H36IN5O2. The van der Waals surface area contributed by atoms with Crippen LogP contribution in [0.25, 0.3) is 0 Å². The molecule has 0 saturated carbocycles. The van der Waals surface area contributed by atoms with Crippen LogP contribution >= 0.6 is 24.0 Å². The van der Waals surface area contributed by atoms with E-state index in [1.807, 2.05) is 37.4 Å². The number of amides is 1. The number of nitrogens with zero attached hydrogens (tertiary/aromatic N) is 3. The average Bonchev–Trinajstić information content (AvgIpc) is 2.71. The number of para-hydroxylation sites is 1. The van der Waals surface area contributed by atoms with E-state index in [4.69, 9.17) is 15.5 Å². The van der Waals surface area contributed by atoms with Crippen molar-refractivity contribution in [2.24, 2.45) is 16.6 Å². The van der Waals surface area contributed by atoms with Gasteiger partial charge in [-0.25, -0.2) is 0 Å². The summed E-state index contributed by atoms with van der Waals surface area (Å²) in [5, 5.41) is 3.34. The number of nitrogens with one attached hydrogen (secondary N) is 1. The molecule has 1 fully saturated rings. The highest BCUT2D eigenvalue weighted by Crippen LogP contribution is 2.16. The first-order chi connectivity index (χ1) is 13.6. The van der Waals surface area contributed by atoms with Gasteiger partial charge < -0.3 is 25.6 Å². The smallest absolute Gasteiger partial charge is 0.221 e. The number of likely N-dealkylation sites (tertiary alicyclic amines) is 1. The Morgan fingerprint density at radius 1 is 1.38 bits per heavy atom. The summed E-state index contributed by atoms with van der Waals surface area (Å²) in [6, 6.07) is 9.84. The van der Waals surface area contributed by atoms with Crippen LogP contribution in [0.1, 0.15) is 26.2 Å². The lowest BCUT2D eigenvalue weighted by Gasteiger charge is -2.30. The van der Waals surface area contributed by atoms with Crippen molar-refractivity contribution in [2.45, 2.75) is 26.2 Å². The molecule has 1 aromatic rings. The van der Waals surface area contributed by atoms with Crippen molar-refractivity contribution in [3.05, 3.63) is 30.3 Å². The van der Waals surface area contributed by atoms with E-state index in [0.717, 1.165) is 70.2 Å². The number of benzene rings is 1. The maximum absolute atomic E-state index is 11.4. The van der Waals surface area contributed by atoms with E-state index >= 15 is 0 Å². The summed E-state index contributed by atoms with van der Waals surface area (Å²) in [6.07, 6.45) is 2.93. The molecule has 1 aliphatic heterocycles. The van der Waals surface area contributed by atoms with Crippen LogP contribution in [0, 0.1) is 5.92 Å². The third kappa shape index (κ3) is 9.66. The van der Waals surface area contributed by atoms with E-state index in [1.165, 1.54) is 0 Å².